The third-order valence-corrected chi connectivity index (χ3v) is 4.18. The molecule has 3 nitrogen and oxygen atoms in total. The zero-order valence-electron chi connectivity index (χ0n) is 12.8. The Labute approximate surface area is 121 Å². The van der Waals surface area contributed by atoms with E-state index in [1.165, 1.54) is 6.42 Å². The molecular weight excluding hydrogens is 253 g/mol. The first-order chi connectivity index (χ1) is 9.67. The minimum Gasteiger partial charge on any atom is -0.370 e. The molecule has 0 radical (unpaired) electrons. The zero-order valence-corrected chi connectivity index (χ0v) is 12.8. The van der Waals surface area contributed by atoms with Crippen LogP contribution in [0.25, 0.3) is 0 Å². The van der Waals surface area contributed by atoms with Crippen molar-refractivity contribution >= 4 is 5.69 Å². The minimum atomic E-state index is -0.140. The van der Waals surface area contributed by atoms with Crippen molar-refractivity contribution in [2.24, 2.45) is 0 Å². The summed E-state index contributed by atoms with van der Waals surface area (Å²) in [5, 5.41) is 3.08. The van der Waals surface area contributed by atoms with E-state index in [0.29, 0.717) is 12.6 Å². The van der Waals surface area contributed by atoms with E-state index in [2.05, 4.69) is 35.0 Å². The third kappa shape index (κ3) is 3.49. The molecule has 1 aromatic rings. The first-order valence-electron chi connectivity index (χ1n) is 7.61. The van der Waals surface area contributed by atoms with Crippen molar-refractivity contribution < 1.29 is 4.39 Å². The Kier molecular flexibility index (Phi) is 5.38. The average Bonchev–Trinajstić information content (AvgIpc) is 2.90. The highest BCUT2D eigenvalue weighted by molar-refractivity contribution is 5.50. The van der Waals surface area contributed by atoms with Crippen molar-refractivity contribution in [3.63, 3.8) is 0 Å². The SMILES string of the molecule is CCN(CC)C1CCN(c2cc(F)cc(CNC)c2)C1. The number of hydrogen-bond donors (Lipinski definition) is 1. The van der Waals surface area contributed by atoms with E-state index >= 15 is 0 Å². The topological polar surface area (TPSA) is 18.5 Å². The van der Waals surface area contributed by atoms with Gasteiger partial charge in [-0.05, 0) is 50.3 Å². The van der Waals surface area contributed by atoms with Gasteiger partial charge in [0.1, 0.15) is 5.82 Å². The molecule has 0 aromatic heterocycles. The maximum Gasteiger partial charge on any atom is 0.125 e. The summed E-state index contributed by atoms with van der Waals surface area (Å²) in [6.45, 7) is 9.32. The minimum absolute atomic E-state index is 0.140. The number of likely N-dealkylation sites (N-methyl/N-ethyl adjacent to an activating group) is 1. The number of rotatable bonds is 6. The second kappa shape index (κ2) is 7.04. The fraction of sp³-hybridized carbons (Fsp3) is 0.625. The van der Waals surface area contributed by atoms with Crippen LogP contribution in [-0.4, -0.2) is 44.2 Å². The summed E-state index contributed by atoms with van der Waals surface area (Å²) in [4.78, 5) is 4.80. The average molecular weight is 279 g/mol. The van der Waals surface area contributed by atoms with Gasteiger partial charge in [-0.2, -0.15) is 0 Å². The molecule has 1 unspecified atom stereocenters. The molecule has 1 N–H and O–H groups in total. The van der Waals surface area contributed by atoms with Gasteiger partial charge in [0.05, 0.1) is 0 Å². The van der Waals surface area contributed by atoms with E-state index in [0.717, 1.165) is 37.4 Å². The Bertz CT molecular complexity index is 432. The van der Waals surface area contributed by atoms with Crippen LogP contribution < -0.4 is 10.2 Å². The molecule has 1 heterocycles. The lowest BCUT2D eigenvalue weighted by molar-refractivity contribution is 0.232. The molecule has 1 aliphatic heterocycles. The van der Waals surface area contributed by atoms with Gasteiger partial charge in [0, 0.05) is 31.4 Å². The van der Waals surface area contributed by atoms with Crippen LogP contribution in [0.15, 0.2) is 18.2 Å². The van der Waals surface area contributed by atoms with Gasteiger partial charge >= 0.3 is 0 Å². The third-order valence-electron chi connectivity index (χ3n) is 4.18. The highest BCUT2D eigenvalue weighted by Gasteiger charge is 2.26. The van der Waals surface area contributed by atoms with Crippen molar-refractivity contribution in [2.75, 3.05) is 38.1 Å². The molecule has 1 aliphatic rings. The molecule has 112 valence electrons. The second-order valence-electron chi connectivity index (χ2n) is 5.46. The van der Waals surface area contributed by atoms with E-state index in [1.54, 1.807) is 12.1 Å². The number of nitrogens with one attached hydrogen (secondary N) is 1. The van der Waals surface area contributed by atoms with Crippen LogP contribution in [0.3, 0.4) is 0 Å². The number of anilines is 1. The fourth-order valence-electron chi connectivity index (χ4n) is 3.14. The van der Waals surface area contributed by atoms with E-state index in [4.69, 9.17) is 0 Å². The summed E-state index contributed by atoms with van der Waals surface area (Å²) >= 11 is 0. The van der Waals surface area contributed by atoms with Gasteiger partial charge in [0.15, 0.2) is 0 Å². The monoisotopic (exact) mass is 279 g/mol. The molecule has 1 atom stereocenters. The highest BCUT2D eigenvalue weighted by atomic mass is 19.1. The lowest BCUT2D eigenvalue weighted by atomic mass is 10.2. The van der Waals surface area contributed by atoms with Crippen LogP contribution in [0, 0.1) is 5.82 Å². The van der Waals surface area contributed by atoms with Crippen molar-refractivity contribution in [3.05, 3.63) is 29.6 Å². The predicted molar refractivity (Wildman–Crippen MR) is 82.7 cm³/mol. The van der Waals surface area contributed by atoms with Gasteiger partial charge in [-0.15, -0.1) is 0 Å². The first-order valence-corrected chi connectivity index (χ1v) is 7.61. The quantitative estimate of drug-likeness (QED) is 0.863. The Morgan fingerprint density at radius 1 is 1.30 bits per heavy atom. The molecular formula is C16H26FN3. The molecule has 0 saturated carbocycles. The summed E-state index contributed by atoms with van der Waals surface area (Å²) in [6, 6.07) is 5.97. The highest BCUT2D eigenvalue weighted by Crippen LogP contribution is 2.25. The molecule has 0 amide bonds. The Morgan fingerprint density at radius 3 is 2.70 bits per heavy atom. The number of halogens is 1. The fourth-order valence-corrected chi connectivity index (χ4v) is 3.14. The van der Waals surface area contributed by atoms with Crippen LogP contribution in [0.4, 0.5) is 10.1 Å². The van der Waals surface area contributed by atoms with Crippen molar-refractivity contribution in [1.82, 2.24) is 10.2 Å². The van der Waals surface area contributed by atoms with Gasteiger partial charge in [-0.1, -0.05) is 13.8 Å². The van der Waals surface area contributed by atoms with Crippen LogP contribution in [-0.2, 0) is 6.54 Å². The summed E-state index contributed by atoms with van der Waals surface area (Å²) in [6.07, 6.45) is 1.17. The molecule has 20 heavy (non-hydrogen) atoms. The van der Waals surface area contributed by atoms with Crippen LogP contribution >= 0.6 is 0 Å². The van der Waals surface area contributed by atoms with E-state index in [-0.39, 0.29) is 5.82 Å². The molecule has 0 aliphatic carbocycles. The van der Waals surface area contributed by atoms with Gasteiger partial charge in [-0.25, -0.2) is 4.39 Å². The molecule has 1 saturated heterocycles. The second-order valence-corrected chi connectivity index (χ2v) is 5.46. The van der Waals surface area contributed by atoms with Crippen molar-refractivity contribution in [1.29, 1.82) is 0 Å². The molecule has 4 heteroatoms. The molecule has 0 spiro atoms. The maximum absolute atomic E-state index is 13.7. The summed E-state index contributed by atoms with van der Waals surface area (Å²) < 4.78 is 13.7. The molecule has 2 rings (SSSR count). The lowest BCUT2D eigenvalue weighted by Crippen LogP contribution is -2.37. The smallest absolute Gasteiger partial charge is 0.125 e. The summed E-state index contributed by atoms with van der Waals surface area (Å²) in [7, 11) is 1.89. The van der Waals surface area contributed by atoms with E-state index < -0.39 is 0 Å². The number of benzene rings is 1. The van der Waals surface area contributed by atoms with Crippen LogP contribution in [0.2, 0.25) is 0 Å². The Morgan fingerprint density at radius 2 is 2.05 bits per heavy atom. The lowest BCUT2D eigenvalue weighted by Gasteiger charge is -2.26. The number of hydrogen-bond acceptors (Lipinski definition) is 3. The molecule has 1 fully saturated rings. The van der Waals surface area contributed by atoms with Gasteiger partial charge < -0.3 is 10.2 Å². The van der Waals surface area contributed by atoms with Gasteiger partial charge in [0.25, 0.3) is 0 Å². The van der Waals surface area contributed by atoms with Gasteiger partial charge in [-0.3, -0.25) is 4.90 Å². The summed E-state index contributed by atoms with van der Waals surface area (Å²) in [5.41, 5.74) is 2.03. The van der Waals surface area contributed by atoms with Crippen molar-refractivity contribution in [3.8, 4) is 0 Å². The zero-order chi connectivity index (χ0) is 14.5. The first kappa shape index (κ1) is 15.3. The number of nitrogens with zero attached hydrogens (tertiary/aromatic N) is 2. The van der Waals surface area contributed by atoms with Gasteiger partial charge in [0.2, 0.25) is 0 Å². The maximum atomic E-state index is 13.7. The summed E-state index contributed by atoms with van der Waals surface area (Å²) in [5.74, 6) is -0.140. The Balaban J connectivity index is 2.09. The molecule has 1 aromatic carbocycles. The van der Waals surface area contributed by atoms with Crippen LogP contribution in [0.5, 0.6) is 0 Å². The largest absolute Gasteiger partial charge is 0.370 e. The predicted octanol–water partition coefficient (Wildman–Crippen LogP) is 2.47. The Hall–Kier alpha value is -1.13. The molecule has 0 bridgehead atoms. The van der Waals surface area contributed by atoms with Crippen LogP contribution in [0.1, 0.15) is 25.8 Å². The standard InChI is InChI=1S/C16H26FN3/c1-4-19(5-2)15-6-7-20(12-15)16-9-13(11-18-3)8-14(17)10-16/h8-10,15,18H,4-7,11-12H2,1-3H3. The normalized spacial score (nSPS) is 19.1. The van der Waals surface area contributed by atoms with Crippen molar-refractivity contribution in [2.45, 2.75) is 32.9 Å². The van der Waals surface area contributed by atoms with E-state index in [1.807, 2.05) is 7.05 Å². The van der Waals surface area contributed by atoms with E-state index in [9.17, 15) is 4.39 Å².